The van der Waals surface area contributed by atoms with Crippen molar-refractivity contribution in [2.75, 3.05) is 6.61 Å². The maximum atomic E-state index is 12.6. The van der Waals surface area contributed by atoms with Gasteiger partial charge in [-0.3, -0.25) is 4.57 Å². The standard InChI is InChI=1S/C22H19N7O2/c1-2-31-21-17(5-3-10-23-21)19-24-13-18-20(27-19)28(22(30)26-18)14-15-6-8-16(9-7-15)29-12-4-11-25-29/h3-13H,2,14H2,1H3,(H,26,30). The molecule has 9 nitrogen and oxygen atoms in total. The molecule has 154 valence electrons. The van der Waals surface area contributed by atoms with Crippen LogP contribution in [0.3, 0.4) is 0 Å². The normalized spacial score (nSPS) is 11.1. The number of fused-ring (bicyclic) bond motifs is 1. The highest BCUT2D eigenvalue weighted by atomic mass is 16.5. The molecule has 0 fully saturated rings. The van der Waals surface area contributed by atoms with Crippen LogP contribution in [0, 0.1) is 0 Å². The molecule has 0 aliphatic rings. The van der Waals surface area contributed by atoms with Gasteiger partial charge in [0, 0.05) is 18.6 Å². The zero-order valence-electron chi connectivity index (χ0n) is 16.8. The van der Waals surface area contributed by atoms with Gasteiger partial charge in [0.2, 0.25) is 5.88 Å². The quantitative estimate of drug-likeness (QED) is 0.459. The average Bonchev–Trinajstić information content (AvgIpc) is 3.43. The Hall–Kier alpha value is -4.27. The lowest BCUT2D eigenvalue weighted by molar-refractivity contribution is 0.328. The number of hydrogen-bond donors (Lipinski definition) is 1. The fraction of sp³-hybridized carbons (Fsp3) is 0.136. The lowest BCUT2D eigenvalue weighted by Gasteiger charge is -2.08. The number of aromatic amines is 1. The van der Waals surface area contributed by atoms with Crippen molar-refractivity contribution in [2.24, 2.45) is 0 Å². The third-order valence-electron chi connectivity index (χ3n) is 4.85. The number of benzene rings is 1. The minimum Gasteiger partial charge on any atom is -0.477 e. The van der Waals surface area contributed by atoms with Crippen LogP contribution in [0.15, 0.2) is 72.0 Å². The zero-order chi connectivity index (χ0) is 21.2. The molecule has 0 aliphatic carbocycles. The van der Waals surface area contributed by atoms with Gasteiger partial charge in [-0.2, -0.15) is 5.10 Å². The highest BCUT2D eigenvalue weighted by Crippen LogP contribution is 2.25. The molecule has 0 radical (unpaired) electrons. The summed E-state index contributed by atoms with van der Waals surface area (Å²) in [5.74, 6) is 0.911. The van der Waals surface area contributed by atoms with E-state index >= 15 is 0 Å². The zero-order valence-corrected chi connectivity index (χ0v) is 16.8. The maximum absolute atomic E-state index is 12.6. The number of nitrogens with zero attached hydrogens (tertiary/aromatic N) is 6. The van der Waals surface area contributed by atoms with Gasteiger partial charge >= 0.3 is 5.69 Å². The molecule has 0 saturated carbocycles. The molecule has 4 aromatic heterocycles. The Morgan fingerprint density at radius 1 is 1.06 bits per heavy atom. The van der Waals surface area contributed by atoms with Crippen molar-refractivity contribution >= 4 is 11.2 Å². The van der Waals surface area contributed by atoms with Crippen LogP contribution in [0.5, 0.6) is 5.88 Å². The predicted molar refractivity (Wildman–Crippen MR) is 115 cm³/mol. The Morgan fingerprint density at radius 3 is 2.71 bits per heavy atom. The average molecular weight is 413 g/mol. The van der Waals surface area contributed by atoms with E-state index in [1.165, 1.54) is 0 Å². The summed E-state index contributed by atoms with van der Waals surface area (Å²) in [6.07, 6.45) is 6.88. The number of pyridine rings is 1. The van der Waals surface area contributed by atoms with Crippen LogP contribution in [0.25, 0.3) is 28.2 Å². The van der Waals surface area contributed by atoms with E-state index in [1.54, 1.807) is 33.9 Å². The molecule has 9 heteroatoms. The van der Waals surface area contributed by atoms with Crippen molar-refractivity contribution in [2.45, 2.75) is 13.5 Å². The Bertz CT molecular complexity index is 1390. The third-order valence-corrected chi connectivity index (χ3v) is 4.85. The molecule has 0 atom stereocenters. The monoisotopic (exact) mass is 413 g/mol. The van der Waals surface area contributed by atoms with Gasteiger partial charge in [-0.1, -0.05) is 12.1 Å². The van der Waals surface area contributed by atoms with Crippen molar-refractivity contribution in [1.82, 2.24) is 34.3 Å². The van der Waals surface area contributed by atoms with Gasteiger partial charge in [0.05, 0.1) is 30.6 Å². The van der Waals surface area contributed by atoms with Gasteiger partial charge < -0.3 is 9.72 Å². The molecule has 4 heterocycles. The first-order chi connectivity index (χ1) is 15.2. The number of imidazole rings is 1. The lowest BCUT2D eigenvalue weighted by Crippen LogP contribution is -2.17. The second kappa shape index (κ2) is 7.86. The van der Waals surface area contributed by atoms with E-state index in [4.69, 9.17) is 4.74 Å². The van der Waals surface area contributed by atoms with Crippen LogP contribution in [-0.2, 0) is 6.54 Å². The highest BCUT2D eigenvalue weighted by molar-refractivity contribution is 5.74. The first-order valence-electron chi connectivity index (χ1n) is 9.85. The van der Waals surface area contributed by atoms with Crippen molar-refractivity contribution in [3.63, 3.8) is 0 Å². The number of H-pyrrole nitrogens is 1. The Balaban J connectivity index is 1.52. The summed E-state index contributed by atoms with van der Waals surface area (Å²) >= 11 is 0. The summed E-state index contributed by atoms with van der Waals surface area (Å²) in [7, 11) is 0. The van der Waals surface area contributed by atoms with Crippen molar-refractivity contribution in [3.05, 3.63) is 83.3 Å². The molecule has 0 unspecified atom stereocenters. The van der Waals surface area contributed by atoms with Gasteiger partial charge in [-0.25, -0.2) is 24.4 Å². The fourth-order valence-corrected chi connectivity index (χ4v) is 3.39. The highest BCUT2D eigenvalue weighted by Gasteiger charge is 2.15. The molecule has 0 aliphatic heterocycles. The van der Waals surface area contributed by atoms with Crippen molar-refractivity contribution in [1.29, 1.82) is 0 Å². The van der Waals surface area contributed by atoms with Crippen molar-refractivity contribution in [3.8, 4) is 23.0 Å². The predicted octanol–water partition coefficient (Wildman–Crippen LogP) is 2.81. The molecule has 0 spiro atoms. The van der Waals surface area contributed by atoms with Gasteiger partial charge in [0.25, 0.3) is 0 Å². The minimum atomic E-state index is -0.242. The number of aromatic nitrogens is 7. The molecule has 1 N–H and O–H groups in total. The molecular formula is C22H19N7O2. The van der Waals surface area contributed by atoms with E-state index in [0.29, 0.717) is 41.6 Å². The SMILES string of the molecule is CCOc1ncccc1-c1ncc2[nH]c(=O)n(Cc3ccc(-n4cccn4)cc3)c2n1. The van der Waals surface area contributed by atoms with Gasteiger partial charge in [0.15, 0.2) is 11.5 Å². The van der Waals surface area contributed by atoms with Crippen LogP contribution in [-0.4, -0.2) is 40.9 Å². The first kappa shape index (κ1) is 18.7. The molecule has 0 amide bonds. The lowest BCUT2D eigenvalue weighted by atomic mass is 10.2. The largest absolute Gasteiger partial charge is 0.477 e. The maximum Gasteiger partial charge on any atom is 0.328 e. The van der Waals surface area contributed by atoms with E-state index in [-0.39, 0.29) is 5.69 Å². The van der Waals surface area contributed by atoms with Crippen LogP contribution in [0.4, 0.5) is 0 Å². The molecule has 5 aromatic rings. The number of nitrogens with one attached hydrogen (secondary N) is 1. The molecule has 0 bridgehead atoms. The second-order valence-electron chi connectivity index (χ2n) is 6.85. The summed E-state index contributed by atoms with van der Waals surface area (Å²) in [6, 6.07) is 13.4. The summed E-state index contributed by atoms with van der Waals surface area (Å²) in [6.45, 7) is 2.75. The Labute approximate surface area is 177 Å². The van der Waals surface area contributed by atoms with Crippen LogP contribution < -0.4 is 10.4 Å². The first-order valence-corrected chi connectivity index (χ1v) is 9.85. The van der Waals surface area contributed by atoms with E-state index in [1.807, 2.05) is 49.5 Å². The van der Waals surface area contributed by atoms with Crippen LogP contribution in [0.1, 0.15) is 12.5 Å². The number of ether oxygens (including phenoxy) is 1. The molecule has 1 aromatic carbocycles. The van der Waals surface area contributed by atoms with E-state index in [9.17, 15) is 4.79 Å². The topological polar surface area (TPSA) is 104 Å². The summed E-state index contributed by atoms with van der Waals surface area (Å²) in [5.41, 5.74) is 3.45. The molecule has 31 heavy (non-hydrogen) atoms. The number of rotatable bonds is 6. The van der Waals surface area contributed by atoms with E-state index < -0.39 is 0 Å². The van der Waals surface area contributed by atoms with Gasteiger partial charge in [0.1, 0.15) is 5.52 Å². The van der Waals surface area contributed by atoms with Crippen molar-refractivity contribution < 1.29 is 4.74 Å². The second-order valence-corrected chi connectivity index (χ2v) is 6.85. The van der Waals surface area contributed by atoms with Gasteiger partial charge in [-0.05, 0) is 42.8 Å². The fourth-order valence-electron chi connectivity index (χ4n) is 3.39. The Kier molecular flexibility index (Phi) is 4.75. The Morgan fingerprint density at radius 2 is 1.94 bits per heavy atom. The molecular weight excluding hydrogens is 394 g/mol. The summed E-state index contributed by atoms with van der Waals surface area (Å²) in [4.78, 5) is 28.7. The van der Waals surface area contributed by atoms with E-state index in [2.05, 4.69) is 25.0 Å². The molecule has 5 rings (SSSR count). The summed E-state index contributed by atoms with van der Waals surface area (Å²) in [5, 5.41) is 4.23. The summed E-state index contributed by atoms with van der Waals surface area (Å²) < 4.78 is 8.98. The van der Waals surface area contributed by atoms with Crippen LogP contribution in [0.2, 0.25) is 0 Å². The third kappa shape index (κ3) is 3.57. The molecule has 0 saturated heterocycles. The number of hydrogen-bond acceptors (Lipinski definition) is 6. The van der Waals surface area contributed by atoms with Crippen LogP contribution >= 0.6 is 0 Å². The smallest absolute Gasteiger partial charge is 0.328 e. The van der Waals surface area contributed by atoms with E-state index in [0.717, 1.165) is 11.3 Å². The van der Waals surface area contributed by atoms with Gasteiger partial charge in [-0.15, -0.1) is 0 Å². The minimum absolute atomic E-state index is 0.242.